The van der Waals surface area contributed by atoms with Crippen LogP contribution in [0.25, 0.3) is 0 Å². The van der Waals surface area contributed by atoms with Gasteiger partial charge in [0.15, 0.2) is 11.5 Å². The molecule has 0 saturated carbocycles. The molecule has 0 bridgehead atoms. The number of amides is 2. The highest BCUT2D eigenvalue weighted by Gasteiger charge is 2.52. The molecule has 2 aromatic carbocycles. The number of anilines is 1. The van der Waals surface area contributed by atoms with Crippen molar-refractivity contribution in [3.8, 4) is 11.5 Å². The molecule has 0 aromatic heterocycles. The highest BCUT2D eigenvalue weighted by Crippen LogP contribution is 2.49. The molecule has 6 nitrogen and oxygen atoms in total. The minimum Gasteiger partial charge on any atom is -0.454 e. The van der Waals surface area contributed by atoms with Crippen LogP contribution in [-0.2, 0) is 21.4 Å². The first-order valence-electron chi connectivity index (χ1n) is 10.1. The van der Waals surface area contributed by atoms with Crippen LogP contribution in [0.4, 0.5) is 5.69 Å². The SMILES string of the molecule is CCCN1C(=O)C(CC(=O)N(C)C)(Cc2cccc3c2OCO3)c2cc(Cl)ccc21. The molecule has 0 fully saturated rings. The number of halogens is 1. The quantitative estimate of drug-likeness (QED) is 0.702. The van der Waals surface area contributed by atoms with Crippen molar-refractivity contribution in [2.24, 2.45) is 0 Å². The molecule has 2 heterocycles. The number of nitrogens with zero attached hydrogens (tertiary/aromatic N) is 2. The van der Waals surface area contributed by atoms with Crippen LogP contribution in [-0.4, -0.2) is 44.1 Å². The molecule has 0 saturated heterocycles. The van der Waals surface area contributed by atoms with E-state index in [1.54, 1.807) is 25.1 Å². The van der Waals surface area contributed by atoms with Crippen LogP contribution in [0.1, 0.15) is 30.9 Å². The Bertz CT molecular complexity index is 1010. The molecule has 4 rings (SSSR count). The van der Waals surface area contributed by atoms with Gasteiger partial charge in [-0.05, 0) is 48.2 Å². The van der Waals surface area contributed by atoms with E-state index < -0.39 is 5.41 Å². The van der Waals surface area contributed by atoms with Crippen molar-refractivity contribution in [2.45, 2.75) is 31.6 Å². The fourth-order valence-electron chi connectivity index (χ4n) is 4.33. The van der Waals surface area contributed by atoms with E-state index in [-0.39, 0.29) is 25.0 Å². The van der Waals surface area contributed by atoms with E-state index in [0.717, 1.165) is 23.2 Å². The highest BCUT2D eigenvalue weighted by molar-refractivity contribution is 6.31. The number of hydrogen-bond acceptors (Lipinski definition) is 4. The fourth-order valence-corrected chi connectivity index (χ4v) is 4.50. The van der Waals surface area contributed by atoms with Crippen LogP contribution in [0.15, 0.2) is 36.4 Å². The molecule has 2 aliphatic rings. The maximum Gasteiger partial charge on any atom is 0.238 e. The minimum absolute atomic E-state index is 0.0525. The average Bonchev–Trinajstić information content (AvgIpc) is 3.27. The summed E-state index contributed by atoms with van der Waals surface area (Å²) in [6, 6.07) is 11.1. The van der Waals surface area contributed by atoms with Crippen molar-refractivity contribution in [3.63, 3.8) is 0 Å². The van der Waals surface area contributed by atoms with Gasteiger partial charge in [0.25, 0.3) is 0 Å². The number of carbonyl (C=O) groups excluding carboxylic acids is 2. The maximum absolute atomic E-state index is 13.9. The second-order valence-corrected chi connectivity index (χ2v) is 8.43. The lowest BCUT2D eigenvalue weighted by Gasteiger charge is -2.30. The van der Waals surface area contributed by atoms with Gasteiger partial charge in [-0.1, -0.05) is 30.7 Å². The van der Waals surface area contributed by atoms with E-state index in [1.807, 2.05) is 37.3 Å². The number of ether oxygens (including phenoxy) is 2. The summed E-state index contributed by atoms with van der Waals surface area (Å²) < 4.78 is 11.2. The van der Waals surface area contributed by atoms with Crippen molar-refractivity contribution >= 4 is 29.1 Å². The second kappa shape index (κ2) is 7.84. The molecule has 1 unspecified atom stereocenters. The molecule has 2 aliphatic heterocycles. The molecule has 30 heavy (non-hydrogen) atoms. The number of benzene rings is 2. The van der Waals surface area contributed by atoms with Crippen molar-refractivity contribution in [3.05, 3.63) is 52.5 Å². The van der Waals surface area contributed by atoms with E-state index in [0.29, 0.717) is 29.5 Å². The first-order valence-corrected chi connectivity index (χ1v) is 10.4. The van der Waals surface area contributed by atoms with Crippen LogP contribution in [0.3, 0.4) is 0 Å². The summed E-state index contributed by atoms with van der Waals surface area (Å²) in [4.78, 5) is 30.1. The molecule has 2 aromatic rings. The van der Waals surface area contributed by atoms with E-state index in [9.17, 15) is 9.59 Å². The standard InChI is InChI=1S/C23H25ClN2O4/c1-4-10-26-18-9-8-16(24)11-17(18)23(22(26)28,13-20(27)25(2)3)12-15-6-5-7-19-21(15)30-14-29-19/h5-9,11H,4,10,12-14H2,1-3H3. The topological polar surface area (TPSA) is 59.1 Å². The number of rotatable bonds is 6. The van der Waals surface area contributed by atoms with Gasteiger partial charge < -0.3 is 19.3 Å². The summed E-state index contributed by atoms with van der Waals surface area (Å²) in [5, 5.41) is 0.541. The summed E-state index contributed by atoms with van der Waals surface area (Å²) in [5.74, 6) is 1.11. The number of carbonyl (C=O) groups is 2. The first kappa shape index (κ1) is 20.5. The maximum atomic E-state index is 13.9. The molecule has 158 valence electrons. The molecular weight excluding hydrogens is 404 g/mol. The van der Waals surface area contributed by atoms with Crippen molar-refractivity contribution in [1.29, 1.82) is 0 Å². The Morgan fingerprint density at radius 2 is 2.03 bits per heavy atom. The molecule has 0 aliphatic carbocycles. The smallest absolute Gasteiger partial charge is 0.238 e. The van der Waals surface area contributed by atoms with Gasteiger partial charge in [0.1, 0.15) is 0 Å². The Balaban J connectivity index is 1.88. The van der Waals surface area contributed by atoms with Crippen LogP contribution in [0.2, 0.25) is 5.02 Å². The zero-order chi connectivity index (χ0) is 21.5. The van der Waals surface area contributed by atoms with Gasteiger partial charge in [-0.3, -0.25) is 9.59 Å². The largest absolute Gasteiger partial charge is 0.454 e. The monoisotopic (exact) mass is 428 g/mol. The summed E-state index contributed by atoms with van der Waals surface area (Å²) in [6.45, 7) is 2.76. The van der Waals surface area contributed by atoms with Crippen molar-refractivity contribution in [2.75, 3.05) is 32.3 Å². The molecule has 2 amide bonds. The second-order valence-electron chi connectivity index (χ2n) is 7.99. The lowest BCUT2D eigenvalue weighted by molar-refractivity contribution is -0.134. The lowest BCUT2D eigenvalue weighted by atomic mass is 9.73. The predicted molar refractivity (Wildman–Crippen MR) is 115 cm³/mol. The highest BCUT2D eigenvalue weighted by atomic mass is 35.5. The van der Waals surface area contributed by atoms with Gasteiger partial charge in [0.2, 0.25) is 18.6 Å². The summed E-state index contributed by atoms with van der Waals surface area (Å²) >= 11 is 6.35. The van der Waals surface area contributed by atoms with Gasteiger partial charge in [0, 0.05) is 37.8 Å². The summed E-state index contributed by atoms with van der Waals surface area (Å²) in [6.07, 6.45) is 1.19. The van der Waals surface area contributed by atoms with Gasteiger partial charge >= 0.3 is 0 Å². The van der Waals surface area contributed by atoms with Crippen molar-refractivity contribution in [1.82, 2.24) is 4.90 Å². The van der Waals surface area contributed by atoms with E-state index >= 15 is 0 Å². The molecule has 0 radical (unpaired) electrons. The van der Waals surface area contributed by atoms with Crippen LogP contribution in [0, 0.1) is 0 Å². The van der Waals surface area contributed by atoms with Gasteiger partial charge in [0.05, 0.1) is 5.41 Å². The van der Waals surface area contributed by atoms with Crippen LogP contribution < -0.4 is 14.4 Å². The summed E-state index contributed by atoms with van der Waals surface area (Å²) in [7, 11) is 3.41. The van der Waals surface area contributed by atoms with Crippen molar-refractivity contribution < 1.29 is 19.1 Å². The van der Waals surface area contributed by atoms with E-state index in [4.69, 9.17) is 21.1 Å². The normalized spacial score (nSPS) is 19.2. The fraction of sp³-hybridized carbons (Fsp3) is 0.391. The Kier molecular flexibility index (Phi) is 5.36. The Morgan fingerprint density at radius 3 is 2.77 bits per heavy atom. The zero-order valence-electron chi connectivity index (χ0n) is 17.4. The molecule has 0 spiro atoms. The third-order valence-electron chi connectivity index (χ3n) is 5.79. The zero-order valence-corrected chi connectivity index (χ0v) is 18.2. The number of hydrogen-bond donors (Lipinski definition) is 0. The third-order valence-corrected chi connectivity index (χ3v) is 6.02. The Hall–Kier alpha value is -2.73. The van der Waals surface area contributed by atoms with E-state index in [1.165, 1.54) is 4.90 Å². The average molecular weight is 429 g/mol. The lowest BCUT2D eigenvalue weighted by Crippen LogP contribution is -2.45. The minimum atomic E-state index is -1.06. The number of para-hydroxylation sites is 1. The molecular formula is C23H25ClN2O4. The van der Waals surface area contributed by atoms with Gasteiger partial charge in [-0.25, -0.2) is 0 Å². The molecule has 1 atom stereocenters. The van der Waals surface area contributed by atoms with Gasteiger partial charge in [-0.15, -0.1) is 0 Å². The van der Waals surface area contributed by atoms with Crippen LogP contribution >= 0.6 is 11.6 Å². The molecule has 7 heteroatoms. The van der Waals surface area contributed by atoms with Gasteiger partial charge in [-0.2, -0.15) is 0 Å². The first-order chi connectivity index (χ1) is 14.4. The van der Waals surface area contributed by atoms with E-state index in [2.05, 4.69) is 0 Å². The van der Waals surface area contributed by atoms with Crippen LogP contribution in [0.5, 0.6) is 11.5 Å². The third kappa shape index (κ3) is 3.29. The number of fused-ring (bicyclic) bond motifs is 2. The molecule has 0 N–H and O–H groups in total. The summed E-state index contributed by atoms with van der Waals surface area (Å²) in [5.41, 5.74) is 1.40. The Morgan fingerprint density at radius 1 is 1.23 bits per heavy atom. The predicted octanol–water partition coefficient (Wildman–Crippen LogP) is 3.78. The Labute approximate surface area is 181 Å².